The normalized spacial score (nSPS) is 10.3. The maximum absolute atomic E-state index is 12.4. The highest BCUT2D eigenvalue weighted by atomic mass is 35.5. The number of halogens is 2. The number of benzene rings is 3. The lowest BCUT2D eigenvalue weighted by molar-refractivity contribution is 0.0955. The van der Waals surface area contributed by atoms with Gasteiger partial charge in [0.2, 0.25) is 0 Å². The molecule has 0 radical (unpaired) electrons. The van der Waals surface area contributed by atoms with Gasteiger partial charge in [0, 0.05) is 26.7 Å². The minimum absolute atomic E-state index is 0.0627. The summed E-state index contributed by atoms with van der Waals surface area (Å²) >= 11 is 11.9. The number of rotatable bonds is 5. The molecular weight excluding hydrogens is 401 g/mol. The van der Waals surface area contributed by atoms with E-state index in [0.29, 0.717) is 15.8 Å². The molecule has 0 atom stereocenters. The van der Waals surface area contributed by atoms with E-state index in [0.717, 1.165) is 11.1 Å². The first-order valence-corrected chi connectivity index (χ1v) is 8.86. The molecule has 0 unspecified atom stereocenters. The predicted molar refractivity (Wildman–Crippen MR) is 110 cm³/mol. The van der Waals surface area contributed by atoms with Crippen LogP contribution in [0.4, 0.5) is 5.69 Å². The molecule has 0 aromatic heterocycles. The van der Waals surface area contributed by atoms with Crippen LogP contribution in [0.1, 0.15) is 21.5 Å². The Hall–Kier alpha value is -2.90. The minimum atomic E-state index is -0.538. The van der Waals surface area contributed by atoms with Crippen LogP contribution in [0.15, 0.2) is 77.9 Å². The molecule has 6 nitrogen and oxygen atoms in total. The Balaban J connectivity index is 1.92. The molecule has 2 N–H and O–H groups in total. The number of carbonyl (C=O) groups is 1. The first-order chi connectivity index (χ1) is 13.4. The van der Waals surface area contributed by atoms with E-state index in [-0.39, 0.29) is 16.5 Å². The number of anilines is 1. The topological polar surface area (TPSA) is 88.0 Å². The third kappa shape index (κ3) is 4.88. The lowest BCUT2D eigenvalue weighted by Crippen LogP contribution is -2.21. The van der Waals surface area contributed by atoms with Crippen LogP contribution >= 0.6 is 23.2 Å². The largest absolute Gasteiger partial charge is 0.733 e. The Kier molecular flexibility index (Phi) is 6.28. The number of hydrazone groups is 1. The van der Waals surface area contributed by atoms with Gasteiger partial charge in [-0.3, -0.25) is 10.0 Å². The van der Waals surface area contributed by atoms with Crippen LogP contribution in [0.25, 0.3) is 0 Å². The Labute approximate surface area is 171 Å². The Bertz CT molecular complexity index is 956. The molecule has 0 aliphatic carbocycles. The van der Waals surface area contributed by atoms with Gasteiger partial charge in [-0.05, 0) is 42.5 Å². The van der Waals surface area contributed by atoms with Gasteiger partial charge in [-0.15, -0.1) is 0 Å². The molecular formula is C20H14Cl2N3O3-. The van der Waals surface area contributed by atoms with Crippen LogP contribution in [0.3, 0.4) is 0 Å². The summed E-state index contributed by atoms with van der Waals surface area (Å²) < 4.78 is 0. The van der Waals surface area contributed by atoms with Gasteiger partial charge in [0.25, 0.3) is 5.91 Å². The van der Waals surface area contributed by atoms with Gasteiger partial charge in [0.15, 0.2) is 0 Å². The second-order valence-corrected chi connectivity index (χ2v) is 6.61. The average molecular weight is 415 g/mol. The van der Waals surface area contributed by atoms with Crippen molar-refractivity contribution in [2.45, 2.75) is 0 Å². The van der Waals surface area contributed by atoms with Gasteiger partial charge in [-0.2, -0.15) is 5.10 Å². The highest BCUT2D eigenvalue weighted by Gasteiger charge is 2.10. The summed E-state index contributed by atoms with van der Waals surface area (Å²) in [5.41, 5.74) is 4.56. The molecule has 0 aliphatic heterocycles. The molecule has 0 fully saturated rings. The first kappa shape index (κ1) is 19.9. The van der Waals surface area contributed by atoms with E-state index < -0.39 is 5.91 Å². The molecule has 3 rings (SSSR count). The maximum Gasteiger partial charge on any atom is 0.271 e. The summed E-state index contributed by atoms with van der Waals surface area (Å²) in [7, 11) is 0. The van der Waals surface area contributed by atoms with Crippen molar-refractivity contribution in [3.05, 3.63) is 105 Å². The smallest absolute Gasteiger partial charge is 0.271 e. The van der Waals surface area contributed by atoms with Gasteiger partial charge >= 0.3 is 0 Å². The highest BCUT2D eigenvalue weighted by molar-refractivity contribution is 6.31. The number of carbonyl (C=O) groups excluding carboxylic acids is 1. The summed E-state index contributed by atoms with van der Waals surface area (Å²) in [5, 5.41) is 25.1. The van der Waals surface area contributed by atoms with Crippen molar-refractivity contribution in [2.75, 3.05) is 5.23 Å². The van der Waals surface area contributed by atoms with E-state index in [9.17, 15) is 10.0 Å². The number of amides is 1. The van der Waals surface area contributed by atoms with Crippen LogP contribution in [0.5, 0.6) is 0 Å². The number of nitrogens with one attached hydrogen (secondary N) is 1. The van der Waals surface area contributed by atoms with Crippen LogP contribution in [0.2, 0.25) is 10.0 Å². The Morgan fingerprint density at radius 1 is 0.893 bits per heavy atom. The van der Waals surface area contributed by atoms with E-state index in [4.69, 9.17) is 28.4 Å². The van der Waals surface area contributed by atoms with Gasteiger partial charge < -0.3 is 10.4 Å². The van der Waals surface area contributed by atoms with Crippen molar-refractivity contribution in [1.29, 1.82) is 0 Å². The van der Waals surface area contributed by atoms with Gasteiger partial charge in [-0.25, -0.2) is 5.43 Å². The maximum atomic E-state index is 12.4. The molecule has 3 aromatic carbocycles. The first-order valence-electron chi connectivity index (χ1n) is 8.10. The molecule has 3 aromatic rings. The summed E-state index contributed by atoms with van der Waals surface area (Å²) in [6, 6.07) is 19.6. The van der Waals surface area contributed by atoms with Crippen molar-refractivity contribution in [3.8, 4) is 0 Å². The van der Waals surface area contributed by atoms with Crippen molar-refractivity contribution in [3.63, 3.8) is 0 Å². The molecule has 1 amide bonds. The lowest BCUT2D eigenvalue weighted by Gasteiger charge is -2.21. The standard InChI is InChI=1S/C20H14Cl2N3O3/c21-16-8-4-13(5-9-16)19(14-6-10-17(22)11-7-14)23-24-20(26)15-2-1-3-18(12-15)25(27)28/h1-12,27H,(H,24,26)/q-1. The summed E-state index contributed by atoms with van der Waals surface area (Å²) in [6.45, 7) is 0. The molecule has 8 heteroatoms. The minimum Gasteiger partial charge on any atom is -0.733 e. The molecule has 0 saturated carbocycles. The zero-order valence-corrected chi connectivity index (χ0v) is 15.9. The fourth-order valence-electron chi connectivity index (χ4n) is 2.45. The molecule has 0 aliphatic rings. The van der Waals surface area contributed by atoms with Gasteiger partial charge in [0.05, 0.1) is 11.4 Å². The summed E-state index contributed by atoms with van der Waals surface area (Å²) in [6.07, 6.45) is 0. The summed E-state index contributed by atoms with van der Waals surface area (Å²) in [5.74, 6) is -0.538. The van der Waals surface area contributed by atoms with E-state index in [1.165, 1.54) is 24.3 Å². The van der Waals surface area contributed by atoms with Gasteiger partial charge in [0.1, 0.15) is 0 Å². The Morgan fingerprint density at radius 3 is 1.93 bits per heavy atom. The molecule has 0 spiro atoms. The number of nitrogens with zero attached hydrogens (tertiary/aromatic N) is 2. The summed E-state index contributed by atoms with van der Waals surface area (Å²) in [4.78, 5) is 12.4. The second-order valence-electron chi connectivity index (χ2n) is 5.74. The van der Waals surface area contributed by atoms with Crippen molar-refractivity contribution in [2.24, 2.45) is 5.10 Å². The average Bonchev–Trinajstić information content (AvgIpc) is 2.70. The van der Waals surface area contributed by atoms with E-state index >= 15 is 0 Å². The molecule has 0 bridgehead atoms. The third-order valence-electron chi connectivity index (χ3n) is 3.83. The number of hydrogen-bond acceptors (Lipinski definition) is 5. The zero-order chi connectivity index (χ0) is 20.1. The zero-order valence-electron chi connectivity index (χ0n) is 14.3. The van der Waals surface area contributed by atoms with Crippen LogP contribution in [-0.2, 0) is 0 Å². The fraction of sp³-hybridized carbons (Fsp3) is 0. The monoisotopic (exact) mass is 414 g/mol. The Morgan fingerprint density at radius 2 is 1.43 bits per heavy atom. The van der Waals surface area contributed by atoms with Crippen LogP contribution in [0, 0.1) is 5.21 Å². The van der Waals surface area contributed by atoms with Crippen molar-refractivity contribution < 1.29 is 10.0 Å². The predicted octanol–water partition coefficient (Wildman–Crippen LogP) is 4.87. The van der Waals surface area contributed by atoms with Crippen LogP contribution < -0.4 is 10.7 Å². The molecule has 0 saturated heterocycles. The quantitative estimate of drug-likeness (QED) is 0.460. The SMILES string of the molecule is O=C(NN=C(c1ccc(Cl)cc1)c1ccc(Cl)cc1)c1cccc(N([O-])O)c1. The molecule has 0 heterocycles. The van der Waals surface area contributed by atoms with Crippen LogP contribution in [-0.4, -0.2) is 16.8 Å². The highest BCUT2D eigenvalue weighted by Crippen LogP contribution is 2.17. The molecule has 28 heavy (non-hydrogen) atoms. The molecule has 142 valence electrons. The van der Waals surface area contributed by atoms with E-state index in [1.54, 1.807) is 48.5 Å². The third-order valence-corrected chi connectivity index (χ3v) is 4.34. The number of hydrogen-bond donors (Lipinski definition) is 2. The van der Waals surface area contributed by atoms with E-state index in [1.807, 2.05) is 0 Å². The van der Waals surface area contributed by atoms with E-state index in [2.05, 4.69) is 10.5 Å². The van der Waals surface area contributed by atoms with Crippen molar-refractivity contribution >= 4 is 40.5 Å². The van der Waals surface area contributed by atoms with Gasteiger partial charge in [-0.1, -0.05) is 53.5 Å². The van der Waals surface area contributed by atoms with Crippen molar-refractivity contribution in [1.82, 2.24) is 5.43 Å². The fourth-order valence-corrected chi connectivity index (χ4v) is 2.70. The lowest BCUT2D eigenvalue weighted by atomic mass is 10.0. The second kappa shape index (κ2) is 8.86.